The van der Waals surface area contributed by atoms with Crippen molar-refractivity contribution < 1.29 is 23.5 Å². The molecule has 3 amide bonds. The molecule has 0 saturated carbocycles. The highest BCUT2D eigenvalue weighted by Crippen LogP contribution is 2.18. The van der Waals surface area contributed by atoms with Gasteiger partial charge < -0.3 is 25.1 Å². The molecule has 0 unspecified atom stereocenters. The fourth-order valence-corrected chi connectivity index (χ4v) is 2.71. The summed E-state index contributed by atoms with van der Waals surface area (Å²) in [6.07, 6.45) is 1.28. The van der Waals surface area contributed by atoms with Crippen LogP contribution < -0.4 is 20.7 Å². The van der Waals surface area contributed by atoms with Crippen LogP contribution in [0.4, 0.5) is 11.4 Å². The zero-order chi connectivity index (χ0) is 23.6. The first kappa shape index (κ1) is 22.8. The maximum absolute atomic E-state index is 12.4. The number of ether oxygens (including phenoxy) is 1. The van der Waals surface area contributed by atoms with Gasteiger partial charge in [0.05, 0.1) is 13.7 Å². The van der Waals surface area contributed by atoms with Gasteiger partial charge in [-0.3, -0.25) is 14.4 Å². The molecule has 0 bridgehead atoms. The third kappa shape index (κ3) is 6.57. The van der Waals surface area contributed by atoms with Gasteiger partial charge in [-0.05, 0) is 36.4 Å². The van der Waals surface area contributed by atoms with Gasteiger partial charge >= 0.3 is 11.8 Å². The van der Waals surface area contributed by atoms with Crippen molar-refractivity contribution in [3.8, 4) is 11.8 Å². The minimum absolute atomic E-state index is 0.0488. The second-order valence-electron chi connectivity index (χ2n) is 6.66. The van der Waals surface area contributed by atoms with Gasteiger partial charge in [0.25, 0.3) is 5.91 Å². The van der Waals surface area contributed by atoms with Crippen LogP contribution in [0, 0.1) is 11.3 Å². The van der Waals surface area contributed by atoms with Crippen molar-refractivity contribution in [3.63, 3.8) is 0 Å². The molecule has 0 fully saturated rings. The summed E-state index contributed by atoms with van der Waals surface area (Å²) in [5.74, 6) is -1.12. The van der Waals surface area contributed by atoms with E-state index in [1.807, 2.05) is 6.07 Å². The zero-order valence-corrected chi connectivity index (χ0v) is 17.6. The van der Waals surface area contributed by atoms with E-state index in [-0.39, 0.29) is 17.9 Å². The lowest BCUT2D eigenvalue weighted by molar-refractivity contribution is -0.136. The highest BCUT2D eigenvalue weighted by atomic mass is 16.5. The summed E-state index contributed by atoms with van der Waals surface area (Å²) < 4.78 is 10.6. The predicted molar refractivity (Wildman–Crippen MR) is 121 cm³/mol. The Labute approximate surface area is 189 Å². The van der Waals surface area contributed by atoms with E-state index in [0.717, 1.165) is 0 Å². The van der Waals surface area contributed by atoms with E-state index in [1.54, 1.807) is 66.7 Å². The van der Waals surface area contributed by atoms with Crippen molar-refractivity contribution in [1.82, 2.24) is 5.32 Å². The summed E-state index contributed by atoms with van der Waals surface area (Å²) in [6, 6.07) is 20.2. The number of anilines is 2. The number of rotatable bonds is 7. The summed E-state index contributed by atoms with van der Waals surface area (Å²) in [7, 11) is 1.51. The minimum atomic E-state index is -0.831. The van der Waals surface area contributed by atoms with E-state index in [1.165, 1.54) is 13.2 Å². The molecule has 0 aliphatic heterocycles. The normalized spacial score (nSPS) is 10.6. The number of nitriles is 1. The Bertz CT molecular complexity index is 1220. The number of amides is 3. The van der Waals surface area contributed by atoms with E-state index >= 15 is 0 Å². The van der Waals surface area contributed by atoms with Gasteiger partial charge in [0.2, 0.25) is 0 Å². The molecule has 0 aliphatic carbocycles. The lowest BCUT2D eigenvalue weighted by Crippen LogP contribution is -2.34. The second-order valence-corrected chi connectivity index (χ2v) is 6.66. The lowest BCUT2D eigenvalue weighted by Gasteiger charge is -2.06. The molecule has 2 aromatic carbocycles. The van der Waals surface area contributed by atoms with Crippen LogP contribution in [0.2, 0.25) is 0 Å². The van der Waals surface area contributed by atoms with Crippen molar-refractivity contribution in [1.29, 1.82) is 5.26 Å². The van der Waals surface area contributed by atoms with E-state index in [9.17, 15) is 19.6 Å². The summed E-state index contributed by atoms with van der Waals surface area (Å²) in [5.41, 5.74) is 0.793. The molecule has 9 nitrogen and oxygen atoms in total. The van der Waals surface area contributed by atoms with E-state index in [0.29, 0.717) is 22.9 Å². The van der Waals surface area contributed by atoms with Crippen LogP contribution in [0.3, 0.4) is 0 Å². The Balaban J connectivity index is 1.57. The van der Waals surface area contributed by atoms with Gasteiger partial charge in [-0.2, -0.15) is 5.26 Å². The topological polar surface area (TPSA) is 133 Å². The van der Waals surface area contributed by atoms with Gasteiger partial charge in [-0.15, -0.1) is 0 Å². The highest BCUT2D eigenvalue weighted by molar-refractivity contribution is 6.39. The van der Waals surface area contributed by atoms with Crippen molar-refractivity contribution in [2.45, 2.75) is 6.54 Å². The highest BCUT2D eigenvalue weighted by Gasteiger charge is 2.15. The molecule has 3 aromatic rings. The van der Waals surface area contributed by atoms with E-state index in [2.05, 4.69) is 16.0 Å². The smallest absolute Gasteiger partial charge is 0.313 e. The molecule has 0 atom stereocenters. The lowest BCUT2D eigenvalue weighted by atomic mass is 10.2. The number of para-hydroxylation sites is 1. The number of furan rings is 1. The Kier molecular flexibility index (Phi) is 7.59. The first-order valence-electron chi connectivity index (χ1n) is 9.78. The first-order valence-corrected chi connectivity index (χ1v) is 9.78. The quantitative estimate of drug-likeness (QED) is 0.291. The van der Waals surface area contributed by atoms with E-state index < -0.39 is 17.7 Å². The number of hydrogen-bond donors (Lipinski definition) is 3. The third-order valence-corrected chi connectivity index (χ3v) is 4.32. The van der Waals surface area contributed by atoms with Gasteiger partial charge in [0.15, 0.2) is 0 Å². The van der Waals surface area contributed by atoms with Gasteiger partial charge in [-0.1, -0.05) is 24.3 Å². The molecule has 33 heavy (non-hydrogen) atoms. The summed E-state index contributed by atoms with van der Waals surface area (Å²) in [5, 5.41) is 16.9. The van der Waals surface area contributed by atoms with Gasteiger partial charge in [0.1, 0.15) is 28.9 Å². The number of carbonyl (C=O) groups excluding carboxylic acids is 3. The van der Waals surface area contributed by atoms with Crippen LogP contribution in [-0.4, -0.2) is 24.8 Å². The maximum Gasteiger partial charge on any atom is 0.313 e. The summed E-state index contributed by atoms with van der Waals surface area (Å²) >= 11 is 0. The molecule has 1 heterocycles. The minimum Gasteiger partial charge on any atom is -0.497 e. The standard InChI is InChI=1S/C24H20N4O5/c1-32-19-9-5-8-18(13-19)28-22(29)16(14-25)12-20-10-11-21(33-20)15-26-23(30)24(31)27-17-6-3-2-4-7-17/h2-13H,15H2,1H3,(H,26,30)(H,27,31)(H,28,29)/b16-12-. The number of benzene rings is 2. The fraction of sp³-hybridized carbons (Fsp3) is 0.0833. The maximum atomic E-state index is 12.4. The monoisotopic (exact) mass is 444 g/mol. The molecule has 0 spiro atoms. The van der Waals surface area contributed by atoms with Crippen LogP contribution in [-0.2, 0) is 20.9 Å². The van der Waals surface area contributed by atoms with Gasteiger partial charge in [-0.25, -0.2) is 0 Å². The number of nitrogens with one attached hydrogen (secondary N) is 3. The average Bonchev–Trinajstić information content (AvgIpc) is 3.29. The van der Waals surface area contributed by atoms with Crippen molar-refractivity contribution in [2.75, 3.05) is 17.7 Å². The first-order chi connectivity index (χ1) is 16.0. The van der Waals surface area contributed by atoms with Crippen LogP contribution in [0.25, 0.3) is 6.08 Å². The van der Waals surface area contributed by atoms with Crippen LogP contribution in [0.1, 0.15) is 11.5 Å². The molecule has 0 radical (unpaired) electrons. The zero-order valence-electron chi connectivity index (χ0n) is 17.6. The Hall–Kier alpha value is -4.84. The van der Waals surface area contributed by atoms with Crippen molar-refractivity contribution in [2.24, 2.45) is 0 Å². The SMILES string of the molecule is COc1cccc(NC(=O)/C(C#N)=C\c2ccc(CNC(=O)C(=O)Nc3ccccc3)o2)c1. The molecule has 3 N–H and O–H groups in total. The fourth-order valence-electron chi connectivity index (χ4n) is 2.71. The molecule has 0 aliphatic rings. The summed E-state index contributed by atoms with van der Waals surface area (Å²) in [4.78, 5) is 36.3. The Morgan fingerprint density at radius 2 is 1.67 bits per heavy atom. The third-order valence-electron chi connectivity index (χ3n) is 4.32. The van der Waals surface area contributed by atoms with Crippen molar-refractivity contribution >= 4 is 35.2 Å². The summed E-state index contributed by atoms with van der Waals surface area (Å²) in [6.45, 7) is -0.0488. The Morgan fingerprint density at radius 1 is 0.939 bits per heavy atom. The predicted octanol–water partition coefficient (Wildman–Crippen LogP) is 3.09. The van der Waals surface area contributed by atoms with Crippen LogP contribution >= 0.6 is 0 Å². The second kappa shape index (κ2) is 11.0. The number of methoxy groups -OCH3 is 1. The number of nitrogens with zero attached hydrogens (tertiary/aromatic N) is 1. The molecule has 0 saturated heterocycles. The number of hydrogen-bond acceptors (Lipinski definition) is 6. The molecule has 1 aromatic heterocycles. The largest absolute Gasteiger partial charge is 0.497 e. The number of carbonyl (C=O) groups is 3. The molecule has 9 heteroatoms. The average molecular weight is 444 g/mol. The van der Waals surface area contributed by atoms with Crippen LogP contribution in [0.5, 0.6) is 5.75 Å². The molecular weight excluding hydrogens is 424 g/mol. The van der Waals surface area contributed by atoms with Gasteiger partial charge in [0, 0.05) is 23.5 Å². The Morgan fingerprint density at radius 3 is 2.39 bits per heavy atom. The van der Waals surface area contributed by atoms with Crippen molar-refractivity contribution in [3.05, 3.63) is 83.8 Å². The van der Waals surface area contributed by atoms with Crippen LogP contribution in [0.15, 0.2) is 76.7 Å². The molecule has 3 rings (SSSR count). The van der Waals surface area contributed by atoms with E-state index in [4.69, 9.17) is 9.15 Å². The molecular formula is C24H20N4O5. The molecule has 166 valence electrons.